The Morgan fingerprint density at radius 2 is 2.05 bits per heavy atom. The van der Waals surface area contributed by atoms with E-state index >= 15 is 0 Å². The van der Waals surface area contributed by atoms with E-state index in [2.05, 4.69) is 9.97 Å². The molecule has 0 bridgehead atoms. The van der Waals surface area contributed by atoms with Crippen LogP contribution in [0.5, 0.6) is 5.75 Å². The predicted octanol–water partition coefficient (Wildman–Crippen LogP) is 2.73. The van der Waals surface area contributed by atoms with Crippen molar-refractivity contribution in [3.63, 3.8) is 0 Å². The van der Waals surface area contributed by atoms with Crippen molar-refractivity contribution >= 4 is 21.4 Å². The number of hydrogen-bond donors (Lipinski definition) is 0. The van der Waals surface area contributed by atoms with E-state index in [0.717, 1.165) is 4.70 Å². The maximum absolute atomic E-state index is 12.0. The Bertz CT molecular complexity index is 799. The Labute approximate surface area is 113 Å². The van der Waals surface area contributed by atoms with Gasteiger partial charge in [0, 0.05) is 17.0 Å². The fourth-order valence-corrected chi connectivity index (χ4v) is 2.74. The van der Waals surface area contributed by atoms with Gasteiger partial charge in [0.25, 0.3) is 5.56 Å². The molecule has 4 nitrogen and oxygen atoms in total. The summed E-state index contributed by atoms with van der Waals surface area (Å²) in [7, 11) is 1.59. The second-order valence-corrected chi connectivity index (χ2v) is 4.93. The van der Waals surface area contributed by atoms with Gasteiger partial charge in [-0.1, -0.05) is 12.1 Å². The van der Waals surface area contributed by atoms with Gasteiger partial charge in [0.05, 0.1) is 12.5 Å². The van der Waals surface area contributed by atoms with E-state index in [1.807, 2.05) is 18.2 Å². The number of hydrogen-bond acceptors (Lipinski definition) is 5. The molecule has 0 saturated heterocycles. The highest BCUT2D eigenvalue weighted by Gasteiger charge is 2.08. The molecule has 0 saturated carbocycles. The Balaban J connectivity index is 2.22. The van der Waals surface area contributed by atoms with Gasteiger partial charge in [0.15, 0.2) is 0 Å². The van der Waals surface area contributed by atoms with Gasteiger partial charge in [0.2, 0.25) is 0 Å². The molecule has 0 N–H and O–H groups in total. The zero-order valence-corrected chi connectivity index (χ0v) is 11.0. The van der Waals surface area contributed by atoms with E-state index in [9.17, 15) is 4.79 Å². The first-order valence-corrected chi connectivity index (χ1v) is 6.50. The number of methoxy groups -OCH3 is 1. The van der Waals surface area contributed by atoms with Crippen LogP contribution in [0.25, 0.3) is 20.8 Å². The van der Waals surface area contributed by atoms with Gasteiger partial charge in [-0.2, -0.15) is 4.98 Å². The molecule has 0 radical (unpaired) electrons. The largest absolute Gasteiger partial charge is 0.497 e. The molecule has 0 spiro atoms. The summed E-state index contributed by atoms with van der Waals surface area (Å²) in [5.74, 6) is 0.694. The van der Waals surface area contributed by atoms with Crippen LogP contribution >= 0.6 is 11.3 Å². The third kappa shape index (κ3) is 2.20. The molecule has 0 aliphatic carbocycles. The van der Waals surface area contributed by atoms with Crippen molar-refractivity contribution in [2.45, 2.75) is 0 Å². The van der Waals surface area contributed by atoms with Crippen LogP contribution in [0.1, 0.15) is 0 Å². The van der Waals surface area contributed by atoms with Crippen molar-refractivity contribution < 1.29 is 4.74 Å². The monoisotopic (exact) mass is 270 g/mol. The predicted molar refractivity (Wildman–Crippen MR) is 75.7 cm³/mol. The van der Waals surface area contributed by atoms with E-state index < -0.39 is 0 Å². The van der Waals surface area contributed by atoms with E-state index in [1.165, 1.54) is 11.3 Å². The van der Waals surface area contributed by atoms with Crippen LogP contribution in [0.4, 0.5) is 0 Å². The summed E-state index contributed by atoms with van der Waals surface area (Å²) in [5.41, 5.74) is 0.418. The molecule has 2 heterocycles. The number of benzene rings is 1. The fourth-order valence-electron chi connectivity index (χ4n) is 1.78. The van der Waals surface area contributed by atoms with Crippen molar-refractivity contribution in [3.8, 4) is 16.5 Å². The minimum Gasteiger partial charge on any atom is -0.497 e. The van der Waals surface area contributed by atoms with Crippen molar-refractivity contribution in [1.82, 2.24) is 9.97 Å². The SMILES string of the molecule is COc1ccnc(-c2nc(=O)c3ccccc3s2)c1. The second kappa shape index (κ2) is 4.78. The average molecular weight is 270 g/mol. The molecule has 0 unspecified atom stereocenters. The van der Waals surface area contributed by atoms with Crippen molar-refractivity contribution in [3.05, 3.63) is 52.9 Å². The molecule has 5 heteroatoms. The minimum atomic E-state index is -0.228. The van der Waals surface area contributed by atoms with Crippen molar-refractivity contribution in [1.29, 1.82) is 0 Å². The van der Waals surface area contributed by atoms with Crippen LogP contribution in [0.3, 0.4) is 0 Å². The molecule has 1 aromatic carbocycles. The van der Waals surface area contributed by atoms with Crippen LogP contribution in [0.2, 0.25) is 0 Å². The molecule has 0 fully saturated rings. The summed E-state index contributed by atoms with van der Waals surface area (Å²) in [6.07, 6.45) is 1.64. The quantitative estimate of drug-likeness (QED) is 0.718. The minimum absolute atomic E-state index is 0.228. The molecular weight excluding hydrogens is 260 g/mol. The summed E-state index contributed by atoms with van der Waals surface area (Å²) in [6, 6.07) is 11.0. The molecule has 94 valence electrons. The van der Waals surface area contributed by atoms with E-state index in [-0.39, 0.29) is 5.56 Å². The summed E-state index contributed by atoms with van der Waals surface area (Å²) in [5, 5.41) is 1.24. The first kappa shape index (κ1) is 11.8. The van der Waals surface area contributed by atoms with Gasteiger partial charge >= 0.3 is 0 Å². The molecule has 0 amide bonds. The van der Waals surface area contributed by atoms with Crippen molar-refractivity contribution in [2.75, 3.05) is 7.11 Å². The second-order valence-electron chi connectivity index (χ2n) is 3.90. The maximum Gasteiger partial charge on any atom is 0.279 e. The van der Waals surface area contributed by atoms with E-state index in [1.54, 1.807) is 31.5 Å². The Morgan fingerprint density at radius 1 is 1.21 bits per heavy atom. The first-order valence-electron chi connectivity index (χ1n) is 5.68. The Hall–Kier alpha value is -2.27. The van der Waals surface area contributed by atoms with Gasteiger partial charge in [0.1, 0.15) is 16.5 Å². The lowest BCUT2D eigenvalue weighted by Gasteiger charge is -2.03. The lowest BCUT2D eigenvalue weighted by Crippen LogP contribution is -2.06. The first-order chi connectivity index (χ1) is 9.28. The van der Waals surface area contributed by atoms with E-state index in [4.69, 9.17) is 4.74 Å². The van der Waals surface area contributed by atoms with Gasteiger partial charge in [-0.25, -0.2) is 0 Å². The lowest BCUT2D eigenvalue weighted by atomic mass is 10.3. The van der Waals surface area contributed by atoms with Crippen LogP contribution in [0.15, 0.2) is 47.4 Å². The smallest absolute Gasteiger partial charge is 0.279 e. The number of ether oxygens (including phenoxy) is 1. The highest BCUT2D eigenvalue weighted by atomic mass is 32.1. The van der Waals surface area contributed by atoms with Gasteiger partial charge < -0.3 is 4.74 Å². The van der Waals surface area contributed by atoms with E-state index in [0.29, 0.717) is 21.8 Å². The molecule has 3 rings (SSSR count). The zero-order chi connectivity index (χ0) is 13.2. The summed E-state index contributed by atoms with van der Waals surface area (Å²) in [6.45, 7) is 0. The molecule has 0 aliphatic rings. The number of fused-ring (bicyclic) bond motifs is 1. The van der Waals surface area contributed by atoms with Gasteiger partial charge in [-0.15, -0.1) is 11.3 Å². The normalized spacial score (nSPS) is 10.6. The Kier molecular flexibility index (Phi) is 2.97. The van der Waals surface area contributed by atoms with Crippen LogP contribution in [0, 0.1) is 0 Å². The summed E-state index contributed by atoms with van der Waals surface area (Å²) >= 11 is 1.44. The number of rotatable bonds is 2. The third-order valence-electron chi connectivity index (χ3n) is 2.71. The number of pyridine rings is 1. The third-order valence-corrected chi connectivity index (χ3v) is 3.78. The molecule has 19 heavy (non-hydrogen) atoms. The standard InChI is InChI=1S/C14H10N2O2S/c1-18-9-6-7-15-11(8-9)14-16-13(17)10-4-2-3-5-12(10)19-14/h2-8H,1H3. The summed E-state index contributed by atoms with van der Waals surface area (Å²) < 4.78 is 6.06. The van der Waals surface area contributed by atoms with Crippen LogP contribution in [-0.2, 0) is 0 Å². The highest BCUT2D eigenvalue weighted by molar-refractivity contribution is 7.21. The molecule has 0 atom stereocenters. The molecule has 3 aromatic rings. The molecule has 0 aliphatic heterocycles. The van der Waals surface area contributed by atoms with Crippen molar-refractivity contribution in [2.24, 2.45) is 0 Å². The number of nitrogens with zero attached hydrogens (tertiary/aromatic N) is 2. The van der Waals surface area contributed by atoms with Crippen LogP contribution in [-0.4, -0.2) is 17.1 Å². The fraction of sp³-hybridized carbons (Fsp3) is 0.0714. The molecule has 2 aromatic heterocycles. The topological polar surface area (TPSA) is 52.1 Å². The lowest BCUT2D eigenvalue weighted by molar-refractivity contribution is 0.414. The van der Waals surface area contributed by atoms with Gasteiger partial charge in [-0.3, -0.25) is 9.78 Å². The van der Waals surface area contributed by atoms with Crippen LogP contribution < -0.4 is 10.3 Å². The Morgan fingerprint density at radius 3 is 2.89 bits per heavy atom. The summed E-state index contributed by atoms with van der Waals surface area (Å²) in [4.78, 5) is 20.3. The number of aromatic nitrogens is 2. The zero-order valence-electron chi connectivity index (χ0n) is 10.2. The highest BCUT2D eigenvalue weighted by Crippen LogP contribution is 2.26. The average Bonchev–Trinajstić information content (AvgIpc) is 2.47. The molecular formula is C14H10N2O2S. The van der Waals surface area contributed by atoms with Gasteiger partial charge in [-0.05, 0) is 18.2 Å². The maximum atomic E-state index is 12.0.